The molecule has 1 N–H and O–H groups in total. The van der Waals surface area contributed by atoms with Crippen LogP contribution in [0.4, 0.5) is 5.69 Å². The normalized spacial score (nSPS) is 26.0. The fraction of sp³-hybridized carbons (Fsp3) is 0.679. The number of fused-ring (bicyclic) bond motifs is 1. The molecule has 1 aromatic rings. The number of hydrogen-bond donors (Lipinski definition) is 1. The first-order chi connectivity index (χ1) is 17.2. The van der Waals surface area contributed by atoms with Gasteiger partial charge in [-0.3, -0.25) is 19.3 Å². The molecule has 0 radical (unpaired) electrons. The van der Waals surface area contributed by atoms with Gasteiger partial charge in [-0.25, -0.2) is 0 Å². The summed E-state index contributed by atoms with van der Waals surface area (Å²) in [6.07, 6.45) is 4.98. The van der Waals surface area contributed by atoms with Crippen molar-refractivity contribution in [1.29, 1.82) is 0 Å². The Bertz CT molecular complexity index is 976. The molecule has 2 amide bonds. The Kier molecular flexibility index (Phi) is 7.10. The fourth-order valence-corrected chi connectivity index (χ4v) is 6.02. The summed E-state index contributed by atoms with van der Waals surface area (Å²) in [7, 11) is 0. The largest absolute Gasteiger partial charge is 0.369 e. The highest BCUT2D eigenvalue weighted by Crippen LogP contribution is 2.30. The number of ketones is 1. The molecule has 4 fully saturated rings. The van der Waals surface area contributed by atoms with Crippen molar-refractivity contribution in [1.82, 2.24) is 15.1 Å². The molecule has 1 saturated carbocycles. The molecular weight excluding hydrogens is 456 g/mol. The maximum Gasteiger partial charge on any atom is 0.251 e. The van der Waals surface area contributed by atoms with Gasteiger partial charge in [0.15, 0.2) is 5.78 Å². The number of nitrogens with zero attached hydrogens (tertiary/aromatic N) is 3. The van der Waals surface area contributed by atoms with Crippen LogP contribution in [0.3, 0.4) is 0 Å². The first-order valence-corrected chi connectivity index (χ1v) is 13.5. The zero-order chi connectivity index (χ0) is 25.4. The number of anilines is 1. The molecule has 36 heavy (non-hydrogen) atoms. The monoisotopic (exact) mass is 496 g/mol. The van der Waals surface area contributed by atoms with Gasteiger partial charge in [-0.05, 0) is 55.4 Å². The van der Waals surface area contributed by atoms with Crippen LogP contribution in [0.15, 0.2) is 24.3 Å². The van der Waals surface area contributed by atoms with E-state index in [4.69, 9.17) is 4.74 Å². The molecule has 0 bridgehead atoms. The van der Waals surface area contributed by atoms with Gasteiger partial charge in [-0.2, -0.15) is 0 Å². The number of rotatable bonds is 6. The van der Waals surface area contributed by atoms with Gasteiger partial charge in [-0.15, -0.1) is 0 Å². The Hall–Kier alpha value is -2.45. The van der Waals surface area contributed by atoms with E-state index in [9.17, 15) is 14.4 Å². The van der Waals surface area contributed by atoms with E-state index < -0.39 is 12.1 Å². The SMILES string of the molecule is CC(C)(C)C[C@H](NC(=O)c1ccc(N2CCN(C3CCC3)CC2)cc1)C(=O)N1CC[C@H]2OCC(=O)[C@H]21. The lowest BCUT2D eigenvalue weighted by Crippen LogP contribution is -2.53. The van der Waals surface area contributed by atoms with E-state index in [0.29, 0.717) is 24.9 Å². The number of carbonyl (C=O) groups is 3. The van der Waals surface area contributed by atoms with Gasteiger partial charge in [0, 0.05) is 50.0 Å². The zero-order valence-electron chi connectivity index (χ0n) is 21.9. The molecule has 5 rings (SSSR count). The summed E-state index contributed by atoms with van der Waals surface area (Å²) in [5.41, 5.74) is 1.50. The van der Waals surface area contributed by atoms with Crippen molar-refractivity contribution in [2.45, 2.75) is 77.1 Å². The number of likely N-dealkylation sites (tertiary alicyclic amines) is 1. The summed E-state index contributed by atoms with van der Waals surface area (Å²) in [6.45, 7) is 10.9. The minimum Gasteiger partial charge on any atom is -0.369 e. The molecule has 0 unspecified atom stereocenters. The van der Waals surface area contributed by atoms with Crippen molar-refractivity contribution in [3.05, 3.63) is 29.8 Å². The summed E-state index contributed by atoms with van der Waals surface area (Å²) < 4.78 is 5.55. The topological polar surface area (TPSA) is 82.2 Å². The van der Waals surface area contributed by atoms with Crippen LogP contribution in [-0.4, -0.2) is 91.0 Å². The van der Waals surface area contributed by atoms with Crippen LogP contribution in [0.25, 0.3) is 0 Å². The van der Waals surface area contributed by atoms with Crippen molar-refractivity contribution in [3.63, 3.8) is 0 Å². The van der Waals surface area contributed by atoms with E-state index in [-0.39, 0.29) is 35.7 Å². The average molecular weight is 497 g/mol. The average Bonchev–Trinajstić information content (AvgIpc) is 3.40. The van der Waals surface area contributed by atoms with Crippen LogP contribution in [0.5, 0.6) is 0 Å². The third-order valence-electron chi connectivity index (χ3n) is 8.22. The fourth-order valence-electron chi connectivity index (χ4n) is 6.02. The lowest BCUT2D eigenvalue weighted by molar-refractivity contribution is -0.138. The van der Waals surface area contributed by atoms with Crippen molar-refractivity contribution < 1.29 is 19.1 Å². The second-order valence-corrected chi connectivity index (χ2v) is 12.0. The number of carbonyl (C=O) groups excluding carboxylic acids is 3. The quantitative estimate of drug-likeness (QED) is 0.652. The first-order valence-electron chi connectivity index (χ1n) is 13.5. The highest BCUT2D eigenvalue weighted by molar-refractivity contribution is 5.99. The Balaban J connectivity index is 1.22. The molecule has 0 spiro atoms. The van der Waals surface area contributed by atoms with Gasteiger partial charge in [0.1, 0.15) is 18.7 Å². The predicted molar refractivity (Wildman–Crippen MR) is 138 cm³/mol. The highest BCUT2D eigenvalue weighted by atomic mass is 16.5. The third-order valence-corrected chi connectivity index (χ3v) is 8.22. The Morgan fingerprint density at radius 2 is 1.72 bits per heavy atom. The number of benzene rings is 1. The van der Waals surface area contributed by atoms with Crippen LogP contribution in [0, 0.1) is 5.41 Å². The molecule has 3 atom stereocenters. The molecule has 3 saturated heterocycles. The maximum absolute atomic E-state index is 13.5. The van der Waals surface area contributed by atoms with Crippen molar-refractivity contribution in [2.75, 3.05) is 44.2 Å². The van der Waals surface area contributed by atoms with Gasteiger partial charge in [-0.1, -0.05) is 27.2 Å². The second-order valence-electron chi connectivity index (χ2n) is 12.0. The Morgan fingerprint density at radius 3 is 2.33 bits per heavy atom. The number of amides is 2. The molecule has 3 aliphatic heterocycles. The van der Waals surface area contributed by atoms with Gasteiger partial charge >= 0.3 is 0 Å². The van der Waals surface area contributed by atoms with E-state index in [1.54, 1.807) is 4.90 Å². The van der Waals surface area contributed by atoms with Crippen LogP contribution in [0.2, 0.25) is 0 Å². The summed E-state index contributed by atoms with van der Waals surface area (Å²) >= 11 is 0. The number of ether oxygens (including phenoxy) is 1. The predicted octanol–water partition coefficient (Wildman–Crippen LogP) is 2.46. The molecule has 8 nitrogen and oxygen atoms in total. The van der Waals surface area contributed by atoms with E-state index in [1.807, 2.05) is 24.3 Å². The number of nitrogens with one attached hydrogen (secondary N) is 1. The van der Waals surface area contributed by atoms with Gasteiger partial charge in [0.25, 0.3) is 5.91 Å². The number of hydrogen-bond acceptors (Lipinski definition) is 6. The Labute approximate surface area is 214 Å². The van der Waals surface area contributed by atoms with Crippen molar-refractivity contribution in [3.8, 4) is 0 Å². The van der Waals surface area contributed by atoms with Crippen LogP contribution < -0.4 is 10.2 Å². The van der Waals surface area contributed by atoms with Crippen LogP contribution in [0.1, 0.15) is 63.2 Å². The molecule has 0 aromatic heterocycles. The van der Waals surface area contributed by atoms with E-state index >= 15 is 0 Å². The zero-order valence-corrected chi connectivity index (χ0v) is 21.9. The van der Waals surface area contributed by atoms with Crippen molar-refractivity contribution in [2.24, 2.45) is 5.41 Å². The Morgan fingerprint density at radius 1 is 1.03 bits per heavy atom. The second kappa shape index (κ2) is 10.1. The summed E-state index contributed by atoms with van der Waals surface area (Å²) in [6, 6.07) is 7.30. The van der Waals surface area contributed by atoms with Crippen molar-refractivity contribution >= 4 is 23.3 Å². The van der Waals surface area contributed by atoms with E-state index in [1.165, 1.54) is 19.3 Å². The molecule has 1 aromatic carbocycles. The van der Waals surface area contributed by atoms with Crippen LogP contribution >= 0.6 is 0 Å². The van der Waals surface area contributed by atoms with Gasteiger partial charge < -0.3 is 19.9 Å². The number of Topliss-reactive ketones (excluding diaryl/α,β-unsaturated/α-hetero) is 1. The minimum atomic E-state index is -0.691. The summed E-state index contributed by atoms with van der Waals surface area (Å²) in [5, 5.41) is 2.99. The standard InChI is InChI=1S/C28H40N4O4/c1-28(2,3)17-22(27(35)32-12-11-24-25(32)23(33)18-36-24)29-26(34)19-7-9-21(10-8-19)31-15-13-30(14-16-31)20-5-4-6-20/h7-10,20,22,24-25H,4-6,11-18H2,1-3H3,(H,29,34)/t22-,24+,25+/m0/s1. The summed E-state index contributed by atoms with van der Waals surface area (Å²) in [4.78, 5) is 45.7. The van der Waals surface area contributed by atoms with Gasteiger partial charge in [0.2, 0.25) is 5.91 Å². The molecular formula is C28H40N4O4. The molecule has 196 valence electrons. The lowest BCUT2D eigenvalue weighted by Gasteiger charge is -2.43. The summed E-state index contributed by atoms with van der Waals surface area (Å²) in [5.74, 6) is -0.495. The number of piperazine rings is 1. The van der Waals surface area contributed by atoms with E-state index in [0.717, 1.165) is 37.9 Å². The van der Waals surface area contributed by atoms with E-state index in [2.05, 4.69) is 35.9 Å². The molecule has 1 aliphatic carbocycles. The minimum absolute atomic E-state index is 0.0456. The van der Waals surface area contributed by atoms with Crippen LogP contribution in [-0.2, 0) is 14.3 Å². The lowest BCUT2D eigenvalue weighted by atomic mass is 9.87. The maximum atomic E-state index is 13.5. The molecule has 4 aliphatic rings. The highest BCUT2D eigenvalue weighted by Gasteiger charge is 2.48. The first kappa shape index (κ1) is 25.2. The molecule has 3 heterocycles. The smallest absolute Gasteiger partial charge is 0.251 e. The molecule has 8 heteroatoms. The third kappa shape index (κ3) is 5.30. The van der Waals surface area contributed by atoms with Gasteiger partial charge in [0.05, 0.1) is 6.10 Å².